The van der Waals surface area contributed by atoms with Crippen LogP contribution >= 0.6 is 23.8 Å². The first-order valence-electron chi connectivity index (χ1n) is 5.90. The van der Waals surface area contributed by atoms with Gasteiger partial charge in [0.25, 0.3) is 0 Å². The highest BCUT2D eigenvalue weighted by molar-refractivity contribution is 7.71. The molecule has 4 nitrogen and oxygen atoms in total. The van der Waals surface area contributed by atoms with E-state index in [-0.39, 0.29) is 0 Å². The van der Waals surface area contributed by atoms with Crippen LogP contribution in [-0.2, 0) is 6.54 Å². The number of pyridine rings is 1. The molecule has 1 N–H and O–H groups in total. The third kappa shape index (κ3) is 2.31. The Morgan fingerprint density at radius 1 is 1.40 bits per heavy atom. The van der Waals surface area contributed by atoms with Gasteiger partial charge >= 0.3 is 0 Å². The highest BCUT2D eigenvalue weighted by Crippen LogP contribution is 2.18. The quantitative estimate of drug-likeness (QED) is 0.735. The summed E-state index contributed by atoms with van der Waals surface area (Å²) in [4.78, 5) is 7.39. The first-order chi connectivity index (χ1) is 9.67. The molecule has 1 aromatic carbocycles. The number of nitrogens with one attached hydrogen (secondary N) is 1. The van der Waals surface area contributed by atoms with E-state index in [0.717, 1.165) is 16.7 Å². The first kappa shape index (κ1) is 12.9. The summed E-state index contributed by atoms with van der Waals surface area (Å²) in [6, 6.07) is 11.4. The zero-order valence-electron chi connectivity index (χ0n) is 10.3. The fourth-order valence-electron chi connectivity index (χ4n) is 2.09. The van der Waals surface area contributed by atoms with Crippen molar-refractivity contribution in [2.45, 2.75) is 6.54 Å². The van der Waals surface area contributed by atoms with E-state index in [1.165, 1.54) is 0 Å². The van der Waals surface area contributed by atoms with Gasteiger partial charge < -0.3 is 4.98 Å². The van der Waals surface area contributed by atoms with Crippen molar-refractivity contribution in [3.8, 4) is 6.07 Å². The second-order valence-corrected chi connectivity index (χ2v) is 5.18. The van der Waals surface area contributed by atoms with Crippen LogP contribution in [0.2, 0.25) is 5.02 Å². The highest BCUT2D eigenvalue weighted by atomic mass is 35.5. The molecule has 0 aliphatic heterocycles. The van der Waals surface area contributed by atoms with Gasteiger partial charge in [0.05, 0.1) is 28.7 Å². The van der Waals surface area contributed by atoms with E-state index in [0.29, 0.717) is 21.9 Å². The van der Waals surface area contributed by atoms with Crippen molar-refractivity contribution in [2.24, 2.45) is 0 Å². The Kier molecular flexibility index (Phi) is 3.26. The molecule has 2 aromatic heterocycles. The van der Waals surface area contributed by atoms with Crippen molar-refractivity contribution in [1.82, 2.24) is 14.5 Å². The zero-order valence-corrected chi connectivity index (χ0v) is 11.9. The van der Waals surface area contributed by atoms with Crippen molar-refractivity contribution in [3.63, 3.8) is 0 Å². The fourth-order valence-corrected chi connectivity index (χ4v) is 2.51. The molecule has 0 atom stereocenters. The summed E-state index contributed by atoms with van der Waals surface area (Å²) in [5.74, 6) is 0. The van der Waals surface area contributed by atoms with Crippen LogP contribution in [-0.4, -0.2) is 14.5 Å². The number of halogens is 1. The molecule has 0 spiro atoms. The molecule has 0 unspecified atom stereocenters. The average molecular weight is 301 g/mol. The lowest BCUT2D eigenvalue weighted by atomic mass is 10.1. The summed E-state index contributed by atoms with van der Waals surface area (Å²) in [6.45, 7) is 0.559. The largest absolute Gasteiger partial charge is 0.329 e. The van der Waals surface area contributed by atoms with E-state index in [1.54, 1.807) is 18.3 Å². The van der Waals surface area contributed by atoms with E-state index in [4.69, 9.17) is 29.1 Å². The van der Waals surface area contributed by atoms with Gasteiger partial charge in [-0.3, -0.25) is 4.57 Å². The number of H-pyrrole nitrogens is 1. The highest BCUT2D eigenvalue weighted by Gasteiger charge is 2.07. The zero-order chi connectivity index (χ0) is 14.1. The van der Waals surface area contributed by atoms with E-state index in [1.807, 2.05) is 22.8 Å². The number of nitrogens with zero attached hydrogens (tertiary/aromatic N) is 3. The molecular weight excluding hydrogens is 292 g/mol. The van der Waals surface area contributed by atoms with Gasteiger partial charge in [0.2, 0.25) is 0 Å². The summed E-state index contributed by atoms with van der Waals surface area (Å²) >= 11 is 11.2. The van der Waals surface area contributed by atoms with Crippen LogP contribution in [0.15, 0.2) is 36.5 Å². The summed E-state index contributed by atoms with van der Waals surface area (Å²) in [7, 11) is 0. The Balaban J connectivity index is 2.09. The maximum Gasteiger partial charge on any atom is 0.179 e. The molecule has 0 radical (unpaired) electrons. The van der Waals surface area contributed by atoms with Gasteiger partial charge in [-0.05, 0) is 36.0 Å². The van der Waals surface area contributed by atoms with E-state index in [9.17, 15) is 0 Å². The number of benzene rings is 1. The molecule has 3 rings (SSSR count). The molecule has 6 heteroatoms. The van der Waals surface area contributed by atoms with Crippen molar-refractivity contribution in [3.05, 3.63) is 57.4 Å². The van der Waals surface area contributed by atoms with Gasteiger partial charge in [-0.25, -0.2) is 4.98 Å². The second-order valence-electron chi connectivity index (χ2n) is 4.35. The number of hydrogen-bond acceptors (Lipinski definition) is 3. The first-order valence-corrected chi connectivity index (χ1v) is 6.69. The predicted molar refractivity (Wildman–Crippen MR) is 80.2 cm³/mol. The Hall–Kier alpha value is -2.16. The molecule has 0 aliphatic carbocycles. The fraction of sp³-hybridized carbons (Fsp3) is 0.0714. The summed E-state index contributed by atoms with van der Waals surface area (Å²) in [6.07, 6.45) is 1.59. The lowest BCUT2D eigenvalue weighted by Crippen LogP contribution is -2.01. The molecule has 3 aromatic rings. The molecule has 0 amide bonds. The van der Waals surface area contributed by atoms with Crippen LogP contribution in [0.5, 0.6) is 0 Å². The van der Waals surface area contributed by atoms with Crippen molar-refractivity contribution < 1.29 is 0 Å². The minimum absolute atomic E-state index is 0.559. The van der Waals surface area contributed by atoms with Gasteiger partial charge in [0.15, 0.2) is 10.4 Å². The third-order valence-corrected chi connectivity index (χ3v) is 3.50. The number of rotatable bonds is 2. The van der Waals surface area contributed by atoms with Crippen molar-refractivity contribution in [2.75, 3.05) is 0 Å². The van der Waals surface area contributed by atoms with E-state index >= 15 is 0 Å². The summed E-state index contributed by atoms with van der Waals surface area (Å²) < 4.78 is 2.47. The van der Waals surface area contributed by atoms with Gasteiger partial charge in [0.1, 0.15) is 0 Å². The number of nitriles is 1. The Labute approximate surface area is 125 Å². The molecule has 2 heterocycles. The lowest BCUT2D eigenvalue weighted by molar-refractivity contribution is 0.800. The predicted octanol–water partition coefficient (Wildman–Crippen LogP) is 3.67. The Morgan fingerprint density at radius 2 is 2.25 bits per heavy atom. The van der Waals surface area contributed by atoms with Gasteiger partial charge in [0, 0.05) is 6.20 Å². The van der Waals surface area contributed by atoms with Crippen molar-refractivity contribution >= 4 is 35.0 Å². The normalized spacial score (nSPS) is 10.6. The molecule has 0 aliphatic rings. The van der Waals surface area contributed by atoms with Crippen LogP contribution in [0.4, 0.5) is 0 Å². The van der Waals surface area contributed by atoms with E-state index < -0.39 is 0 Å². The number of imidazole rings is 1. The van der Waals surface area contributed by atoms with Crippen LogP contribution in [0, 0.1) is 16.1 Å². The number of aromatic nitrogens is 3. The third-order valence-electron chi connectivity index (χ3n) is 2.97. The Morgan fingerprint density at radius 3 is 3.05 bits per heavy atom. The molecule has 20 heavy (non-hydrogen) atoms. The van der Waals surface area contributed by atoms with Gasteiger partial charge in [-0.15, -0.1) is 0 Å². The Bertz CT molecular complexity index is 888. The number of fused-ring (bicyclic) bond motifs is 1. The maximum absolute atomic E-state index is 8.93. The minimum Gasteiger partial charge on any atom is -0.329 e. The van der Waals surface area contributed by atoms with Gasteiger partial charge in [-0.1, -0.05) is 23.7 Å². The molecule has 0 saturated heterocycles. The standard InChI is InChI=1S/C14H9ClN4S/c15-11-5-12-13(17-7-11)19(14(20)18-12)8-10-3-1-2-9(4-10)6-16/h1-5,7H,8H2,(H,18,20). The summed E-state index contributed by atoms with van der Waals surface area (Å²) in [5.41, 5.74) is 3.18. The SMILES string of the molecule is N#Cc1cccc(Cn2c(=S)[nH]c3cc(Cl)cnc32)c1. The monoisotopic (exact) mass is 300 g/mol. The molecule has 98 valence electrons. The van der Waals surface area contributed by atoms with Crippen LogP contribution in [0.3, 0.4) is 0 Å². The number of aromatic amines is 1. The maximum atomic E-state index is 8.93. The van der Waals surface area contributed by atoms with Crippen LogP contribution < -0.4 is 0 Å². The summed E-state index contributed by atoms with van der Waals surface area (Å²) in [5, 5.41) is 9.50. The van der Waals surface area contributed by atoms with Gasteiger partial charge in [-0.2, -0.15) is 5.26 Å². The number of hydrogen-bond donors (Lipinski definition) is 1. The average Bonchev–Trinajstić information content (AvgIpc) is 2.74. The minimum atomic E-state index is 0.559. The van der Waals surface area contributed by atoms with E-state index in [2.05, 4.69) is 16.0 Å². The van der Waals surface area contributed by atoms with Crippen LogP contribution in [0.25, 0.3) is 11.2 Å². The molecule has 0 saturated carbocycles. The molecular formula is C14H9ClN4S. The molecule has 0 fully saturated rings. The lowest BCUT2D eigenvalue weighted by Gasteiger charge is -2.04. The molecule has 0 bridgehead atoms. The van der Waals surface area contributed by atoms with Crippen molar-refractivity contribution in [1.29, 1.82) is 5.26 Å². The van der Waals surface area contributed by atoms with Crippen LogP contribution in [0.1, 0.15) is 11.1 Å². The topological polar surface area (TPSA) is 57.4 Å². The second kappa shape index (κ2) is 5.08. The smallest absolute Gasteiger partial charge is 0.179 e.